The van der Waals surface area contributed by atoms with Crippen LogP contribution in [0.2, 0.25) is 0 Å². The molecule has 3 atom stereocenters. The zero-order chi connectivity index (χ0) is 19.0. The predicted molar refractivity (Wildman–Crippen MR) is 99.5 cm³/mol. The van der Waals surface area contributed by atoms with Crippen molar-refractivity contribution in [2.45, 2.75) is 70.2 Å². The molecule has 0 unspecified atom stereocenters. The van der Waals surface area contributed by atoms with Gasteiger partial charge < -0.3 is 18.9 Å². The summed E-state index contributed by atoms with van der Waals surface area (Å²) in [5.41, 5.74) is 1.14. The van der Waals surface area contributed by atoms with E-state index in [1.807, 2.05) is 50.3 Å². The molecule has 5 heteroatoms. The molecular formula is C21H30O5. The molecule has 0 aromatic heterocycles. The van der Waals surface area contributed by atoms with Crippen molar-refractivity contribution >= 4 is 5.97 Å². The topological polar surface area (TPSA) is 54.0 Å². The summed E-state index contributed by atoms with van der Waals surface area (Å²) in [6.07, 6.45) is 3.96. The van der Waals surface area contributed by atoms with Crippen molar-refractivity contribution in [1.82, 2.24) is 0 Å². The van der Waals surface area contributed by atoms with Crippen molar-refractivity contribution in [2.75, 3.05) is 7.11 Å². The minimum atomic E-state index is -0.736. The number of hydrogen-bond donors (Lipinski definition) is 0. The molecule has 2 rings (SSSR count). The van der Waals surface area contributed by atoms with Crippen molar-refractivity contribution in [3.63, 3.8) is 0 Å². The van der Waals surface area contributed by atoms with Gasteiger partial charge in [0.25, 0.3) is 0 Å². The highest BCUT2D eigenvalue weighted by molar-refractivity contribution is 5.69. The fraction of sp³-hybridized carbons (Fsp3) is 0.571. The van der Waals surface area contributed by atoms with Crippen LogP contribution in [0.25, 0.3) is 0 Å². The second-order valence-electron chi connectivity index (χ2n) is 7.07. The monoisotopic (exact) mass is 362 g/mol. The van der Waals surface area contributed by atoms with Crippen LogP contribution >= 0.6 is 0 Å². The maximum Gasteiger partial charge on any atom is 0.308 e. The van der Waals surface area contributed by atoms with E-state index >= 15 is 0 Å². The molecule has 1 aliphatic rings. The molecule has 1 aromatic carbocycles. The first kappa shape index (κ1) is 20.6. The minimum absolute atomic E-state index is 0.00498. The molecule has 26 heavy (non-hydrogen) atoms. The lowest BCUT2D eigenvalue weighted by Crippen LogP contribution is -2.46. The smallest absolute Gasteiger partial charge is 0.308 e. The summed E-state index contributed by atoms with van der Waals surface area (Å²) < 4.78 is 22.8. The molecule has 1 aliphatic heterocycles. The van der Waals surface area contributed by atoms with Crippen LogP contribution in [-0.2, 0) is 30.3 Å². The van der Waals surface area contributed by atoms with Crippen molar-refractivity contribution < 1.29 is 23.7 Å². The third-order valence-corrected chi connectivity index (χ3v) is 4.33. The average Bonchev–Trinajstić information content (AvgIpc) is 2.59. The van der Waals surface area contributed by atoms with Gasteiger partial charge in [0, 0.05) is 12.8 Å². The average molecular weight is 362 g/mol. The molecule has 5 nitrogen and oxygen atoms in total. The molecule has 0 aliphatic carbocycles. The van der Waals surface area contributed by atoms with Crippen LogP contribution < -0.4 is 0 Å². The number of carbonyl (C=O) groups excluding carboxylic acids is 1. The van der Waals surface area contributed by atoms with E-state index in [2.05, 4.69) is 6.58 Å². The number of hydrogen-bond acceptors (Lipinski definition) is 5. The van der Waals surface area contributed by atoms with E-state index in [1.165, 1.54) is 7.11 Å². The summed E-state index contributed by atoms with van der Waals surface area (Å²) in [5.74, 6) is -1.01. The normalized spacial score (nSPS) is 23.2. The number of carbonyl (C=O) groups is 1. The zero-order valence-corrected chi connectivity index (χ0v) is 16.0. The van der Waals surface area contributed by atoms with Crippen LogP contribution in [0.15, 0.2) is 43.0 Å². The van der Waals surface area contributed by atoms with Crippen molar-refractivity contribution in [3.8, 4) is 0 Å². The van der Waals surface area contributed by atoms with Crippen LogP contribution in [-0.4, -0.2) is 37.2 Å². The summed E-state index contributed by atoms with van der Waals surface area (Å²) in [5, 5.41) is 0. The molecule has 1 fully saturated rings. The molecule has 144 valence electrons. The van der Waals surface area contributed by atoms with Gasteiger partial charge in [-0.3, -0.25) is 4.79 Å². The number of esters is 1. The Morgan fingerprint density at radius 1 is 1.31 bits per heavy atom. The lowest BCUT2D eigenvalue weighted by Gasteiger charge is -2.41. The Kier molecular flexibility index (Phi) is 7.82. The first-order valence-electron chi connectivity index (χ1n) is 9.10. The third-order valence-electron chi connectivity index (χ3n) is 4.33. The van der Waals surface area contributed by atoms with Gasteiger partial charge in [0.05, 0.1) is 38.4 Å². The Hall–Kier alpha value is -1.69. The molecule has 0 saturated carbocycles. The quantitative estimate of drug-likeness (QED) is 0.491. The molecule has 1 saturated heterocycles. The van der Waals surface area contributed by atoms with Crippen LogP contribution in [0, 0.1) is 0 Å². The summed E-state index contributed by atoms with van der Waals surface area (Å²) in [6, 6.07) is 10.1. The Morgan fingerprint density at radius 2 is 2.00 bits per heavy atom. The van der Waals surface area contributed by atoms with Gasteiger partial charge in [-0.15, -0.1) is 6.58 Å². The van der Waals surface area contributed by atoms with Gasteiger partial charge in [0.15, 0.2) is 5.79 Å². The largest absolute Gasteiger partial charge is 0.469 e. The molecule has 0 amide bonds. The van der Waals surface area contributed by atoms with Gasteiger partial charge in [-0.2, -0.15) is 0 Å². The van der Waals surface area contributed by atoms with Gasteiger partial charge in [0.1, 0.15) is 0 Å². The highest BCUT2D eigenvalue weighted by atomic mass is 16.7. The molecular weight excluding hydrogens is 332 g/mol. The maximum absolute atomic E-state index is 11.6. The predicted octanol–water partition coefficient (Wildman–Crippen LogP) is 4.01. The first-order valence-corrected chi connectivity index (χ1v) is 9.10. The lowest BCUT2D eigenvalue weighted by atomic mass is 9.99. The molecule has 0 bridgehead atoms. The molecule has 1 heterocycles. The molecule has 0 spiro atoms. The third kappa shape index (κ3) is 6.90. The Balaban J connectivity index is 1.94. The molecule has 0 radical (unpaired) electrons. The van der Waals surface area contributed by atoms with Gasteiger partial charge >= 0.3 is 5.97 Å². The van der Waals surface area contributed by atoms with E-state index in [4.69, 9.17) is 18.9 Å². The van der Waals surface area contributed by atoms with Gasteiger partial charge in [-0.1, -0.05) is 36.4 Å². The van der Waals surface area contributed by atoms with E-state index in [9.17, 15) is 4.79 Å². The second kappa shape index (κ2) is 9.86. The van der Waals surface area contributed by atoms with Crippen molar-refractivity contribution in [2.24, 2.45) is 0 Å². The number of benzene rings is 1. The SMILES string of the molecule is C=CC[C@@H](C[C@@H]1C[C@H](CC(=O)OC)OC(C)(C)O1)OCc1ccccc1. The first-order chi connectivity index (χ1) is 12.4. The number of rotatable bonds is 9. The number of methoxy groups -OCH3 is 1. The van der Waals surface area contributed by atoms with Crippen LogP contribution in [0.5, 0.6) is 0 Å². The van der Waals surface area contributed by atoms with Crippen LogP contribution in [0.3, 0.4) is 0 Å². The van der Waals surface area contributed by atoms with Gasteiger partial charge in [-0.05, 0) is 25.8 Å². The number of ether oxygens (including phenoxy) is 4. The molecule has 0 N–H and O–H groups in total. The van der Waals surface area contributed by atoms with Crippen LogP contribution in [0.4, 0.5) is 0 Å². The van der Waals surface area contributed by atoms with E-state index in [1.54, 1.807) is 0 Å². The summed E-state index contributed by atoms with van der Waals surface area (Å²) in [4.78, 5) is 11.6. The Bertz CT molecular complexity index is 569. The Labute approximate surface area is 156 Å². The fourth-order valence-corrected chi connectivity index (χ4v) is 3.26. The summed E-state index contributed by atoms with van der Waals surface area (Å²) in [7, 11) is 1.39. The van der Waals surface area contributed by atoms with Gasteiger partial charge in [0.2, 0.25) is 0 Å². The summed E-state index contributed by atoms with van der Waals surface area (Å²) in [6.45, 7) is 8.13. The zero-order valence-electron chi connectivity index (χ0n) is 16.0. The maximum atomic E-state index is 11.6. The van der Waals surface area contributed by atoms with E-state index in [0.29, 0.717) is 13.0 Å². The highest BCUT2D eigenvalue weighted by Crippen LogP contribution is 2.31. The standard InChI is InChI=1S/C21H30O5/c1-5-9-17(24-15-16-10-7-6-8-11-16)12-18-13-19(14-20(22)23-4)26-21(2,3)25-18/h5-8,10-11,17-19H,1,9,12-15H2,2-4H3/t17-,18+,19+/m0/s1. The minimum Gasteiger partial charge on any atom is -0.469 e. The van der Waals surface area contributed by atoms with E-state index in [0.717, 1.165) is 18.4 Å². The van der Waals surface area contributed by atoms with Gasteiger partial charge in [-0.25, -0.2) is 0 Å². The van der Waals surface area contributed by atoms with Crippen molar-refractivity contribution in [3.05, 3.63) is 48.6 Å². The molecule has 1 aromatic rings. The van der Waals surface area contributed by atoms with Crippen molar-refractivity contribution in [1.29, 1.82) is 0 Å². The fourth-order valence-electron chi connectivity index (χ4n) is 3.26. The summed E-state index contributed by atoms with van der Waals surface area (Å²) >= 11 is 0. The van der Waals surface area contributed by atoms with E-state index in [-0.39, 0.29) is 30.7 Å². The lowest BCUT2D eigenvalue weighted by molar-refractivity contribution is -0.303. The second-order valence-corrected chi connectivity index (χ2v) is 7.07. The van der Waals surface area contributed by atoms with E-state index < -0.39 is 5.79 Å². The van der Waals surface area contributed by atoms with Crippen LogP contribution in [0.1, 0.15) is 45.1 Å². The highest BCUT2D eigenvalue weighted by Gasteiger charge is 2.37. The Morgan fingerprint density at radius 3 is 2.65 bits per heavy atom.